The van der Waals surface area contributed by atoms with Crippen molar-refractivity contribution in [3.63, 3.8) is 0 Å². The summed E-state index contributed by atoms with van der Waals surface area (Å²) in [7, 11) is 0. The Labute approximate surface area is 148 Å². The average molecular weight is 357 g/mol. The van der Waals surface area contributed by atoms with Gasteiger partial charge in [0.25, 0.3) is 11.5 Å². The van der Waals surface area contributed by atoms with Gasteiger partial charge in [-0.25, -0.2) is 14.5 Å². The monoisotopic (exact) mass is 357 g/mol. The molecular weight excluding hydrogens is 338 g/mol. The minimum absolute atomic E-state index is 0.0286. The van der Waals surface area contributed by atoms with Gasteiger partial charge in [-0.3, -0.25) is 14.7 Å². The molecule has 1 N–H and O–H groups in total. The topological polar surface area (TPSA) is 83.4 Å². The Kier molecular flexibility index (Phi) is 3.72. The summed E-state index contributed by atoms with van der Waals surface area (Å²) < 4.78 is 1.44. The van der Waals surface area contributed by atoms with Crippen LogP contribution in [0.4, 0.5) is 0 Å². The molecule has 25 heavy (non-hydrogen) atoms. The van der Waals surface area contributed by atoms with Crippen molar-refractivity contribution in [3.05, 3.63) is 49.5 Å². The smallest absolute Gasteiger partial charge is 0.272 e. The normalized spacial score (nSPS) is 17.6. The molecule has 4 heterocycles. The van der Waals surface area contributed by atoms with Crippen molar-refractivity contribution in [1.29, 1.82) is 0 Å². The van der Waals surface area contributed by atoms with Crippen molar-refractivity contribution in [2.75, 3.05) is 13.1 Å². The van der Waals surface area contributed by atoms with Crippen LogP contribution in [0.1, 0.15) is 44.1 Å². The van der Waals surface area contributed by atoms with Gasteiger partial charge in [0, 0.05) is 36.8 Å². The largest absolute Gasteiger partial charge is 0.337 e. The number of hydrogen-bond acceptors (Lipinski definition) is 5. The van der Waals surface area contributed by atoms with Crippen molar-refractivity contribution in [3.8, 4) is 0 Å². The molecule has 0 spiro atoms. The lowest BCUT2D eigenvalue weighted by Gasteiger charge is -2.15. The lowest BCUT2D eigenvalue weighted by atomic mass is 10.0. The van der Waals surface area contributed by atoms with Gasteiger partial charge in [0.05, 0.1) is 16.4 Å². The van der Waals surface area contributed by atoms with Gasteiger partial charge in [-0.15, -0.1) is 11.3 Å². The van der Waals surface area contributed by atoms with E-state index in [1.54, 1.807) is 6.07 Å². The van der Waals surface area contributed by atoms with Crippen LogP contribution < -0.4 is 5.56 Å². The second-order valence-corrected chi connectivity index (χ2v) is 7.74. The van der Waals surface area contributed by atoms with Gasteiger partial charge in [-0.1, -0.05) is 0 Å². The molecule has 3 aromatic rings. The highest BCUT2D eigenvalue weighted by Gasteiger charge is 2.31. The highest BCUT2D eigenvalue weighted by Crippen LogP contribution is 2.28. The Balaban J connectivity index is 1.59. The number of amides is 1. The van der Waals surface area contributed by atoms with Crippen LogP contribution in [0, 0.1) is 20.8 Å². The average Bonchev–Trinajstić information content (AvgIpc) is 3.24. The van der Waals surface area contributed by atoms with Gasteiger partial charge in [0.15, 0.2) is 5.65 Å². The Hall–Kier alpha value is -2.48. The van der Waals surface area contributed by atoms with Crippen molar-refractivity contribution >= 4 is 22.9 Å². The number of fused-ring (bicyclic) bond motifs is 1. The SMILES string of the molecule is Cc1cc2nc(C3CCN(C(=O)c4sc(C)nc4C)C3)cc(=O)n2[nH]1. The summed E-state index contributed by atoms with van der Waals surface area (Å²) in [4.78, 5) is 36.5. The summed E-state index contributed by atoms with van der Waals surface area (Å²) in [6, 6.07) is 3.43. The number of aromatic nitrogens is 4. The minimum atomic E-state index is -0.119. The lowest BCUT2D eigenvalue weighted by molar-refractivity contribution is 0.0794. The van der Waals surface area contributed by atoms with Crippen molar-refractivity contribution in [2.24, 2.45) is 0 Å². The molecule has 0 radical (unpaired) electrons. The molecule has 130 valence electrons. The number of aryl methyl sites for hydroxylation is 3. The molecular formula is C17H19N5O2S. The van der Waals surface area contributed by atoms with E-state index in [1.165, 1.54) is 15.9 Å². The number of carbonyl (C=O) groups is 1. The highest BCUT2D eigenvalue weighted by atomic mass is 32.1. The van der Waals surface area contributed by atoms with E-state index in [0.29, 0.717) is 23.6 Å². The van der Waals surface area contributed by atoms with Gasteiger partial charge in [-0.05, 0) is 27.2 Å². The van der Waals surface area contributed by atoms with E-state index in [4.69, 9.17) is 0 Å². The first-order chi connectivity index (χ1) is 11.9. The molecule has 1 fully saturated rings. The first-order valence-corrected chi connectivity index (χ1v) is 9.06. The second kappa shape index (κ2) is 5.80. The fourth-order valence-corrected chi connectivity index (χ4v) is 4.29. The maximum absolute atomic E-state index is 12.7. The number of carbonyl (C=O) groups excluding carboxylic acids is 1. The fraction of sp³-hybridized carbons (Fsp3) is 0.412. The number of rotatable bonds is 2. The molecule has 1 saturated heterocycles. The predicted molar refractivity (Wildman–Crippen MR) is 95.4 cm³/mol. The number of likely N-dealkylation sites (tertiary alicyclic amines) is 1. The molecule has 1 aliphatic heterocycles. The van der Waals surface area contributed by atoms with E-state index in [2.05, 4.69) is 15.1 Å². The van der Waals surface area contributed by atoms with Crippen LogP contribution >= 0.6 is 11.3 Å². The molecule has 0 saturated carbocycles. The Morgan fingerprint density at radius 3 is 2.80 bits per heavy atom. The lowest BCUT2D eigenvalue weighted by Crippen LogP contribution is -2.28. The molecule has 1 aliphatic rings. The van der Waals surface area contributed by atoms with Gasteiger partial charge in [-0.2, -0.15) is 0 Å². The van der Waals surface area contributed by atoms with Gasteiger partial charge < -0.3 is 4.90 Å². The number of thiazole rings is 1. The molecule has 8 heteroatoms. The van der Waals surface area contributed by atoms with E-state index >= 15 is 0 Å². The fourth-order valence-electron chi connectivity index (χ4n) is 3.40. The van der Waals surface area contributed by atoms with Crippen molar-refractivity contribution in [1.82, 2.24) is 24.5 Å². The van der Waals surface area contributed by atoms with Crippen LogP contribution in [0.15, 0.2) is 16.9 Å². The molecule has 1 atom stereocenters. The zero-order valence-corrected chi connectivity index (χ0v) is 15.2. The van der Waals surface area contributed by atoms with Gasteiger partial charge in [0.2, 0.25) is 0 Å². The molecule has 0 aromatic carbocycles. The summed E-state index contributed by atoms with van der Waals surface area (Å²) in [5, 5.41) is 3.88. The first kappa shape index (κ1) is 16.0. The van der Waals surface area contributed by atoms with Crippen LogP contribution in [0.2, 0.25) is 0 Å². The maximum Gasteiger partial charge on any atom is 0.272 e. The Bertz CT molecular complexity index is 1030. The van der Waals surface area contributed by atoms with Crippen LogP contribution in [0.5, 0.6) is 0 Å². The van der Waals surface area contributed by atoms with E-state index in [-0.39, 0.29) is 17.4 Å². The highest BCUT2D eigenvalue weighted by molar-refractivity contribution is 7.13. The molecule has 0 bridgehead atoms. The summed E-state index contributed by atoms with van der Waals surface area (Å²) in [5.41, 5.74) is 2.94. The molecule has 1 unspecified atom stereocenters. The predicted octanol–water partition coefficient (Wildman–Crippen LogP) is 2.03. The van der Waals surface area contributed by atoms with Crippen LogP contribution in [0.3, 0.4) is 0 Å². The second-order valence-electron chi connectivity index (χ2n) is 6.54. The summed E-state index contributed by atoms with van der Waals surface area (Å²) in [6.07, 6.45) is 0.814. The van der Waals surface area contributed by atoms with Crippen LogP contribution in [0.25, 0.3) is 5.65 Å². The van der Waals surface area contributed by atoms with Gasteiger partial charge >= 0.3 is 0 Å². The quantitative estimate of drug-likeness (QED) is 0.761. The number of H-pyrrole nitrogens is 1. The third-order valence-corrected chi connectivity index (χ3v) is 5.65. The zero-order chi connectivity index (χ0) is 17.7. The Morgan fingerprint density at radius 1 is 1.28 bits per heavy atom. The maximum atomic E-state index is 12.7. The third kappa shape index (κ3) is 2.76. The Morgan fingerprint density at radius 2 is 2.08 bits per heavy atom. The number of nitrogens with one attached hydrogen (secondary N) is 1. The molecule has 7 nitrogen and oxygen atoms in total. The molecule has 0 aliphatic carbocycles. The van der Waals surface area contributed by atoms with Crippen LogP contribution in [-0.2, 0) is 0 Å². The first-order valence-electron chi connectivity index (χ1n) is 8.25. The summed E-state index contributed by atoms with van der Waals surface area (Å²) >= 11 is 1.44. The van der Waals surface area contributed by atoms with E-state index < -0.39 is 0 Å². The van der Waals surface area contributed by atoms with Crippen molar-refractivity contribution < 1.29 is 4.79 Å². The van der Waals surface area contributed by atoms with Crippen molar-refractivity contribution in [2.45, 2.75) is 33.1 Å². The molecule has 3 aromatic heterocycles. The number of nitrogens with zero attached hydrogens (tertiary/aromatic N) is 4. The summed E-state index contributed by atoms with van der Waals surface area (Å²) in [6.45, 7) is 6.93. The van der Waals surface area contributed by atoms with E-state index in [0.717, 1.165) is 28.5 Å². The standard InChI is InChI=1S/C17H19N5O2S/c1-9-6-14-19-13(7-15(23)22(14)20-9)12-4-5-21(8-12)17(24)16-10(2)18-11(3)25-16/h6-7,12,20H,4-5,8H2,1-3H3. The summed E-state index contributed by atoms with van der Waals surface area (Å²) in [5.74, 6) is 0.118. The third-order valence-electron chi connectivity index (χ3n) is 4.59. The minimum Gasteiger partial charge on any atom is -0.337 e. The number of aromatic amines is 1. The number of hydrogen-bond donors (Lipinski definition) is 1. The van der Waals surface area contributed by atoms with E-state index in [1.807, 2.05) is 31.7 Å². The zero-order valence-electron chi connectivity index (χ0n) is 14.4. The van der Waals surface area contributed by atoms with E-state index in [9.17, 15) is 9.59 Å². The van der Waals surface area contributed by atoms with Gasteiger partial charge in [0.1, 0.15) is 4.88 Å². The van der Waals surface area contributed by atoms with Crippen LogP contribution in [-0.4, -0.2) is 43.5 Å². The molecule has 1 amide bonds. The molecule has 4 rings (SSSR count).